The lowest BCUT2D eigenvalue weighted by Gasteiger charge is -2.11. The molecule has 0 saturated heterocycles. The Labute approximate surface area is 151 Å². The van der Waals surface area contributed by atoms with Crippen LogP contribution in [0.4, 0.5) is 0 Å². The second-order valence-corrected chi connectivity index (χ2v) is 5.79. The lowest BCUT2D eigenvalue weighted by atomic mass is 10.1. The van der Waals surface area contributed by atoms with Crippen molar-refractivity contribution in [1.82, 2.24) is 10.9 Å². The number of carbonyl (C=O) groups is 2. The van der Waals surface area contributed by atoms with Crippen LogP contribution in [0.2, 0.25) is 5.02 Å². The summed E-state index contributed by atoms with van der Waals surface area (Å²) in [6.45, 7) is 3.69. The van der Waals surface area contributed by atoms with Gasteiger partial charge in [0.15, 0.2) is 6.61 Å². The smallest absolute Gasteiger partial charge is 0.276 e. The maximum atomic E-state index is 11.7. The van der Waals surface area contributed by atoms with Crippen LogP contribution in [-0.4, -0.2) is 18.4 Å². The molecular formula is C19H19ClN2O3. The van der Waals surface area contributed by atoms with E-state index >= 15 is 0 Å². The molecule has 0 saturated carbocycles. The van der Waals surface area contributed by atoms with Crippen molar-refractivity contribution in [1.29, 1.82) is 0 Å². The van der Waals surface area contributed by atoms with Crippen molar-refractivity contribution in [2.45, 2.75) is 13.8 Å². The average molecular weight is 359 g/mol. The zero-order chi connectivity index (χ0) is 18.2. The third-order valence-corrected chi connectivity index (χ3v) is 3.90. The molecule has 0 radical (unpaired) electrons. The molecule has 5 nitrogen and oxygen atoms in total. The van der Waals surface area contributed by atoms with Gasteiger partial charge in [-0.25, -0.2) is 0 Å². The Bertz CT molecular complexity index is 803. The average Bonchev–Trinajstić information content (AvgIpc) is 2.60. The zero-order valence-electron chi connectivity index (χ0n) is 14.0. The monoisotopic (exact) mass is 358 g/mol. The Kier molecular flexibility index (Phi) is 6.60. The van der Waals surface area contributed by atoms with Crippen molar-refractivity contribution >= 4 is 29.5 Å². The fourth-order valence-corrected chi connectivity index (χ4v) is 2.21. The van der Waals surface area contributed by atoms with Gasteiger partial charge in [0.2, 0.25) is 0 Å². The number of aryl methyl sites for hydroxylation is 1. The molecule has 25 heavy (non-hydrogen) atoms. The molecule has 2 N–H and O–H groups in total. The van der Waals surface area contributed by atoms with Crippen LogP contribution >= 0.6 is 11.6 Å². The molecule has 2 aromatic rings. The standard InChI is InChI=1S/C19H19ClN2O3/c1-13-6-5-9-17(14(13)2)25-12-19(24)22-21-18(23)11-10-15-7-3-4-8-16(15)20/h3-11H,12H2,1-2H3,(H,21,23)(H,22,24)/b11-10+. The van der Waals surface area contributed by atoms with Gasteiger partial charge in [-0.2, -0.15) is 0 Å². The van der Waals surface area contributed by atoms with Crippen LogP contribution in [0, 0.1) is 13.8 Å². The molecule has 0 spiro atoms. The molecule has 0 atom stereocenters. The van der Waals surface area contributed by atoms with Crippen LogP contribution in [-0.2, 0) is 9.59 Å². The molecule has 2 aromatic carbocycles. The van der Waals surface area contributed by atoms with Crippen LogP contribution in [0.3, 0.4) is 0 Å². The lowest BCUT2D eigenvalue weighted by molar-refractivity contribution is -0.128. The molecule has 0 aliphatic carbocycles. The normalized spacial score (nSPS) is 10.5. The summed E-state index contributed by atoms with van der Waals surface area (Å²) in [6, 6.07) is 12.7. The zero-order valence-corrected chi connectivity index (χ0v) is 14.8. The van der Waals surface area contributed by atoms with E-state index in [2.05, 4.69) is 10.9 Å². The quantitative estimate of drug-likeness (QED) is 0.637. The van der Waals surface area contributed by atoms with Gasteiger partial charge in [0.25, 0.3) is 11.8 Å². The van der Waals surface area contributed by atoms with E-state index in [1.807, 2.05) is 32.0 Å². The van der Waals surface area contributed by atoms with Crippen molar-refractivity contribution in [3.05, 3.63) is 70.3 Å². The Morgan fingerprint density at radius 3 is 2.60 bits per heavy atom. The first-order valence-electron chi connectivity index (χ1n) is 7.68. The fourth-order valence-electron chi connectivity index (χ4n) is 2.01. The second kappa shape index (κ2) is 8.89. The first-order chi connectivity index (χ1) is 12.0. The van der Waals surface area contributed by atoms with Gasteiger partial charge in [-0.15, -0.1) is 0 Å². The molecule has 2 rings (SSSR count). The highest BCUT2D eigenvalue weighted by Gasteiger charge is 2.06. The number of ether oxygens (including phenoxy) is 1. The van der Waals surface area contributed by atoms with Crippen LogP contribution in [0.25, 0.3) is 6.08 Å². The Morgan fingerprint density at radius 1 is 1.08 bits per heavy atom. The molecule has 130 valence electrons. The summed E-state index contributed by atoms with van der Waals surface area (Å²) in [5.74, 6) is -0.291. The summed E-state index contributed by atoms with van der Waals surface area (Å²) in [5, 5.41) is 0.539. The minimum atomic E-state index is -0.472. The fraction of sp³-hybridized carbons (Fsp3) is 0.158. The number of hydrogen-bond acceptors (Lipinski definition) is 3. The molecular weight excluding hydrogens is 340 g/mol. The molecule has 0 fully saturated rings. The van der Waals surface area contributed by atoms with Gasteiger partial charge in [0.05, 0.1) is 0 Å². The third-order valence-electron chi connectivity index (χ3n) is 3.56. The number of benzene rings is 2. The molecule has 2 amide bonds. The predicted molar refractivity (Wildman–Crippen MR) is 98.2 cm³/mol. The molecule has 0 aromatic heterocycles. The van der Waals surface area contributed by atoms with Crippen molar-refractivity contribution in [3.63, 3.8) is 0 Å². The van der Waals surface area contributed by atoms with E-state index in [0.717, 1.165) is 11.1 Å². The van der Waals surface area contributed by atoms with E-state index < -0.39 is 11.8 Å². The number of hydrogen-bond donors (Lipinski definition) is 2. The van der Waals surface area contributed by atoms with Crippen molar-refractivity contribution in [2.75, 3.05) is 6.61 Å². The van der Waals surface area contributed by atoms with Gasteiger partial charge in [-0.3, -0.25) is 20.4 Å². The molecule has 0 aliphatic heterocycles. The molecule has 0 aliphatic rings. The summed E-state index contributed by atoms with van der Waals surface area (Å²) < 4.78 is 5.46. The number of nitrogens with one attached hydrogen (secondary N) is 2. The maximum Gasteiger partial charge on any atom is 0.276 e. The van der Waals surface area contributed by atoms with E-state index in [1.54, 1.807) is 30.3 Å². The topological polar surface area (TPSA) is 67.4 Å². The largest absolute Gasteiger partial charge is 0.483 e. The van der Waals surface area contributed by atoms with Crippen LogP contribution < -0.4 is 15.6 Å². The predicted octanol–water partition coefficient (Wildman–Crippen LogP) is 3.20. The number of hydrazine groups is 1. The van der Waals surface area contributed by atoms with Gasteiger partial charge in [-0.1, -0.05) is 41.9 Å². The third kappa shape index (κ3) is 5.65. The molecule has 0 heterocycles. The van der Waals surface area contributed by atoms with Gasteiger partial charge in [-0.05, 0) is 48.7 Å². The lowest BCUT2D eigenvalue weighted by Crippen LogP contribution is -2.43. The summed E-state index contributed by atoms with van der Waals surface area (Å²) in [4.78, 5) is 23.5. The first kappa shape index (κ1) is 18.5. The first-order valence-corrected chi connectivity index (χ1v) is 8.05. The van der Waals surface area contributed by atoms with Gasteiger partial charge in [0, 0.05) is 11.1 Å². The maximum absolute atomic E-state index is 11.7. The minimum absolute atomic E-state index is 0.196. The SMILES string of the molecule is Cc1cccc(OCC(=O)NNC(=O)/C=C/c2ccccc2Cl)c1C. The van der Waals surface area contributed by atoms with E-state index in [9.17, 15) is 9.59 Å². The van der Waals surface area contributed by atoms with E-state index in [-0.39, 0.29) is 6.61 Å². The Morgan fingerprint density at radius 2 is 1.84 bits per heavy atom. The summed E-state index contributed by atoms with van der Waals surface area (Å²) >= 11 is 5.99. The molecule has 6 heteroatoms. The second-order valence-electron chi connectivity index (χ2n) is 5.38. The Balaban J connectivity index is 1.79. The highest BCUT2D eigenvalue weighted by atomic mass is 35.5. The van der Waals surface area contributed by atoms with Crippen molar-refractivity contribution in [3.8, 4) is 5.75 Å². The highest BCUT2D eigenvalue weighted by Crippen LogP contribution is 2.20. The molecule has 0 unspecified atom stereocenters. The molecule has 0 bridgehead atoms. The van der Waals surface area contributed by atoms with E-state index in [4.69, 9.17) is 16.3 Å². The van der Waals surface area contributed by atoms with E-state index in [1.165, 1.54) is 6.08 Å². The summed E-state index contributed by atoms with van der Waals surface area (Å²) in [7, 11) is 0. The van der Waals surface area contributed by atoms with Crippen LogP contribution in [0.5, 0.6) is 5.75 Å². The van der Waals surface area contributed by atoms with Gasteiger partial charge in [0.1, 0.15) is 5.75 Å². The number of amides is 2. The van der Waals surface area contributed by atoms with E-state index in [0.29, 0.717) is 16.3 Å². The Hall–Kier alpha value is -2.79. The number of rotatable bonds is 5. The van der Waals surface area contributed by atoms with Crippen LogP contribution in [0.1, 0.15) is 16.7 Å². The summed E-state index contributed by atoms with van der Waals surface area (Å²) in [5.41, 5.74) is 7.34. The minimum Gasteiger partial charge on any atom is -0.483 e. The van der Waals surface area contributed by atoms with Crippen LogP contribution in [0.15, 0.2) is 48.5 Å². The van der Waals surface area contributed by atoms with Crippen molar-refractivity contribution < 1.29 is 14.3 Å². The van der Waals surface area contributed by atoms with Crippen molar-refractivity contribution in [2.24, 2.45) is 0 Å². The highest BCUT2D eigenvalue weighted by molar-refractivity contribution is 6.32. The summed E-state index contributed by atoms with van der Waals surface area (Å²) in [6.07, 6.45) is 2.85. The number of carbonyl (C=O) groups excluding carboxylic acids is 2. The van der Waals surface area contributed by atoms with Gasteiger partial charge >= 0.3 is 0 Å². The number of halogens is 1. The van der Waals surface area contributed by atoms with Gasteiger partial charge < -0.3 is 4.74 Å².